The minimum Gasteiger partial charge on any atom is -0.383 e. The lowest BCUT2D eigenvalue weighted by molar-refractivity contribution is 0.180. The fraction of sp³-hybridized carbons (Fsp3) is 1.00. The van der Waals surface area contributed by atoms with Crippen LogP contribution in [0.5, 0.6) is 0 Å². The molecular weight excluding hydrogens is 192 g/mol. The van der Waals surface area contributed by atoms with E-state index in [1.165, 1.54) is 7.11 Å². The number of methoxy groups -OCH3 is 1. The van der Waals surface area contributed by atoms with Crippen molar-refractivity contribution in [2.75, 3.05) is 20.3 Å². The number of hydrogen-bond acceptors (Lipinski definition) is 4. The highest BCUT2D eigenvalue weighted by Crippen LogP contribution is 1.97. The van der Waals surface area contributed by atoms with E-state index in [9.17, 15) is 8.42 Å². The van der Waals surface area contributed by atoms with E-state index in [0.29, 0.717) is 6.61 Å². The van der Waals surface area contributed by atoms with E-state index in [4.69, 9.17) is 10.5 Å². The normalized spacial score (nSPS) is 16.9. The van der Waals surface area contributed by atoms with E-state index in [2.05, 4.69) is 4.72 Å². The van der Waals surface area contributed by atoms with Crippen molar-refractivity contribution >= 4 is 10.0 Å². The van der Waals surface area contributed by atoms with Gasteiger partial charge >= 0.3 is 0 Å². The second-order valence-corrected chi connectivity index (χ2v) is 5.20. The molecule has 5 nitrogen and oxygen atoms in total. The van der Waals surface area contributed by atoms with Crippen molar-refractivity contribution in [3.05, 3.63) is 0 Å². The van der Waals surface area contributed by atoms with E-state index in [1.807, 2.05) is 0 Å². The van der Waals surface area contributed by atoms with Gasteiger partial charge in [0.25, 0.3) is 0 Å². The number of nitrogens with one attached hydrogen (secondary N) is 1. The zero-order valence-electron chi connectivity index (χ0n) is 8.28. The molecule has 0 aromatic heterocycles. The first-order valence-electron chi connectivity index (χ1n) is 4.14. The van der Waals surface area contributed by atoms with Gasteiger partial charge < -0.3 is 10.5 Å². The van der Waals surface area contributed by atoms with Gasteiger partial charge in [-0.05, 0) is 13.8 Å². The highest BCUT2D eigenvalue weighted by atomic mass is 32.2. The van der Waals surface area contributed by atoms with Crippen molar-refractivity contribution in [1.82, 2.24) is 4.72 Å². The summed E-state index contributed by atoms with van der Waals surface area (Å²) < 4.78 is 30.1. The van der Waals surface area contributed by atoms with Crippen LogP contribution in [0.15, 0.2) is 0 Å². The summed E-state index contributed by atoms with van der Waals surface area (Å²) in [5.74, 6) is 0. The molecule has 0 bridgehead atoms. The first kappa shape index (κ1) is 12.8. The molecule has 0 aliphatic heterocycles. The summed E-state index contributed by atoms with van der Waals surface area (Å²) in [6, 6.07) is -0.219. The van der Waals surface area contributed by atoms with Crippen LogP contribution in [0.3, 0.4) is 0 Å². The SMILES string of the molecule is COCC(C)NS(=O)(=O)C(C)CN. The summed E-state index contributed by atoms with van der Waals surface area (Å²) >= 11 is 0. The maximum absolute atomic E-state index is 11.4. The van der Waals surface area contributed by atoms with Crippen molar-refractivity contribution in [3.63, 3.8) is 0 Å². The molecule has 0 aromatic rings. The summed E-state index contributed by atoms with van der Waals surface area (Å²) in [5, 5.41) is -0.563. The molecule has 80 valence electrons. The molecule has 2 unspecified atom stereocenters. The van der Waals surface area contributed by atoms with Crippen molar-refractivity contribution in [3.8, 4) is 0 Å². The Balaban J connectivity index is 4.17. The van der Waals surface area contributed by atoms with Crippen molar-refractivity contribution in [2.45, 2.75) is 25.1 Å². The second kappa shape index (κ2) is 5.54. The number of nitrogens with two attached hydrogens (primary N) is 1. The maximum Gasteiger partial charge on any atom is 0.215 e. The van der Waals surface area contributed by atoms with Gasteiger partial charge in [0.05, 0.1) is 11.9 Å². The van der Waals surface area contributed by atoms with Gasteiger partial charge in [0.15, 0.2) is 0 Å². The Morgan fingerprint density at radius 2 is 2.00 bits per heavy atom. The summed E-state index contributed by atoms with van der Waals surface area (Å²) in [7, 11) is -1.76. The van der Waals surface area contributed by atoms with Crippen LogP contribution in [0, 0.1) is 0 Å². The third kappa shape index (κ3) is 4.56. The van der Waals surface area contributed by atoms with Gasteiger partial charge in [-0.2, -0.15) is 0 Å². The molecule has 0 saturated carbocycles. The average molecular weight is 210 g/mol. The van der Waals surface area contributed by atoms with E-state index >= 15 is 0 Å². The molecule has 0 rings (SSSR count). The molecule has 6 heteroatoms. The molecule has 0 radical (unpaired) electrons. The van der Waals surface area contributed by atoms with Crippen LogP contribution in [0.25, 0.3) is 0 Å². The summed E-state index contributed by atoms with van der Waals surface area (Å²) in [5.41, 5.74) is 5.26. The Hall–Kier alpha value is -0.170. The van der Waals surface area contributed by atoms with Crippen LogP contribution >= 0.6 is 0 Å². The molecule has 2 atom stereocenters. The number of rotatable bonds is 6. The molecule has 0 amide bonds. The van der Waals surface area contributed by atoms with Gasteiger partial charge in [-0.1, -0.05) is 0 Å². The third-order valence-corrected chi connectivity index (χ3v) is 3.63. The lowest BCUT2D eigenvalue weighted by Gasteiger charge is -2.16. The van der Waals surface area contributed by atoms with Gasteiger partial charge in [0, 0.05) is 19.7 Å². The Kier molecular flexibility index (Phi) is 5.46. The monoisotopic (exact) mass is 210 g/mol. The molecule has 0 heterocycles. The van der Waals surface area contributed by atoms with Crippen LogP contribution in [-0.2, 0) is 14.8 Å². The molecule has 0 saturated heterocycles. The quantitative estimate of drug-likeness (QED) is 0.606. The lowest BCUT2D eigenvalue weighted by atomic mass is 10.4. The molecule has 0 aliphatic rings. The summed E-state index contributed by atoms with van der Waals surface area (Å²) in [4.78, 5) is 0. The predicted octanol–water partition coefficient (Wildman–Crippen LogP) is -0.712. The van der Waals surface area contributed by atoms with Gasteiger partial charge in [-0.3, -0.25) is 0 Å². The zero-order valence-corrected chi connectivity index (χ0v) is 9.10. The van der Waals surface area contributed by atoms with E-state index in [0.717, 1.165) is 0 Å². The molecule has 3 N–H and O–H groups in total. The summed E-state index contributed by atoms with van der Waals surface area (Å²) in [6.07, 6.45) is 0. The first-order valence-corrected chi connectivity index (χ1v) is 5.68. The largest absolute Gasteiger partial charge is 0.383 e. The Morgan fingerprint density at radius 1 is 1.46 bits per heavy atom. The molecule has 13 heavy (non-hydrogen) atoms. The fourth-order valence-corrected chi connectivity index (χ4v) is 1.92. The lowest BCUT2D eigenvalue weighted by Crippen LogP contribution is -2.43. The van der Waals surface area contributed by atoms with E-state index in [-0.39, 0.29) is 12.6 Å². The Morgan fingerprint density at radius 3 is 2.38 bits per heavy atom. The first-order chi connectivity index (χ1) is 5.94. The van der Waals surface area contributed by atoms with Crippen molar-refractivity contribution in [2.24, 2.45) is 5.73 Å². The van der Waals surface area contributed by atoms with Crippen molar-refractivity contribution in [1.29, 1.82) is 0 Å². The van der Waals surface area contributed by atoms with E-state index < -0.39 is 15.3 Å². The second-order valence-electron chi connectivity index (χ2n) is 3.07. The number of ether oxygens (including phenoxy) is 1. The summed E-state index contributed by atoms with van der Waals surface area (Å²) in [6.45, 7) is 3.79. The van der Waals surface area contributed by atoms with Crippen LogP contribution in [0.1, 0.15) is 13.8 Å². The van der Waals surface area contributed by atoms with Crippen LogP contribution < -0.4 is 10.5 Å². The smallest absolute Gasteiger partial charge is 0.215 e. The van der Waals surface area contributed by atoms with Gasteiger partial charge in [0.2, 0.25) is 10.0 Å². The standard InChI is InChI=1S/C7H18N2O3S/c1-6(5-12-3)9-13(10,11)7(2)4-8/h6-7,9H,4-5,8H2,1-3H3. The highest BCUT2D eigenvalue weighted by molar-refractivity contribution is 7.90. The van der Waals surface area contributed by atoms with Gasteiger partial charge in [-0.15, -0.1) is 0 Å². The van der Waals surface area contributed by atoms with E-state index in [1.54, 1.807) is 13.8 Å². The molecule has 0 fully saturated rings. The van der Waals surface area contributed by atoms with Crippen molar-refractivity contribution < 1.29 is 13.2 Å². The maximum atomic E-state index is 11.4. The molecule has 0 spiro atoms. The minimum atomic E-state index is -3.29. The average Bonchev–Trinajstić information content (AvgIpc) is 2.02. The molecule has 0 aromatic carbocycles. The van der Waals surface area contributed by atoms with Gasteiger partial charge in [-0.25, -0.2) is 13.1 Å². The zero-order chi connectivity index (χ0) is 10.5. The number of hydrogen-bond donors (Lipinski definition) is 2. The Labute approximate surface area is 79.7 Å². The minimum absolute atomic E-state index is 0.120. The highest BCUT2D eigenvalue weighted by Gasteiger charge is 2.20. The van der Waals surface area contributed by atoms with Crippen LogP contribution in [0.4, 0.5) is 0 Å². The van der Waals surface area contributed by atoms with Crippen LogP contribution in [-0.4, -0.2) is 40.0 Å². The molecule has 0 aliphatic carbocycles. The third-order valence-electron chi connectivity index (χ3n) is 1.64. The number of sulfonamides is 1. The van der Waals surface area contributed by atoms with Gasteiger partial charge in [0.1, 0.15) is 0 Å². The van der Waals surface area contributed by atoms with Crippen LogP contribution in [0.2, 0.25) is 0 Å². The Bertz CT molecular complexity index is 228. The molecular formula is C7H18N2O3S. The fourth-order valence-electron chi connectivity index (χ4n) is 0.807. The predicted molar refractivity (Wildman–Crippen MR) is 51.9 cm³/mol. The topological polar surface area (TPSA) is 81.4 Å².